The number of hydrazine groups is 1. The third-order valence-corrected chi connectivity index (χ3v) is 2.36. The summed E-state index contributed by atoms with van der Waals surface area (Å²) in [5.74, 6) is 0.465. The average Bonchev–Trinajstić information content (AvgIpc) is 2.26. The molecule has 0 unspecified atom stereocenters. The van der Waals surface area contributed by atoms with E-state index in [0.29, 0.717) is 12.4 Å². The van der Waals surface area contributed by atoms with Gasteiger partial charge in [0.25, 0.3) is 0 Å². The smallest absolute Gasteiger partial charge is 0.123 e. The lowest BCUT2D eigenvalue weighted by molar-refractivity contribution is 0.0188. The van der Waals surface area contributed by atoms with Crippen LogP contribution in [0.3, 0.4) is 0 Å². The summed E-state index contributed by atoms with van der Waals surface area (Å²) in [6.07, 6.45) is 0. The summed E-state index contributed by atoms with van der Waals surface area (Å²) in [5.41, 5.74) is 0. The molecule has 1 rings (SSSR count). The van der Waals surface area contributed by atoms with Gasteiger partial charge in [-0.15, -0.1) is 0 Å². The first-order chi connectivity index (χ1) is 7.63. The lowest BCUT2D eigenvalue weighted by Gasteiger charge is -2.27. The van der Waals surface area contributed by atoms with Crippen molar-refractivity contribution in [3.8, 4) is 5.75 Å². The third kappa shape index (κ3) is 4.16. The molecule has 3 nitrogen and oxygen atoms in total. The van der Waals surface area contributed by atoms with Crippen molar-refractivity contribution in [2.45, 2.75) is 6.92 Å². The second kappa shape index (κ2) is 6.45. The van der Waals surface area contributed by atoms with Gasteiger partial charge in [0.05, 0.1) is 0 Å². The van der Waals surface area contributed by atoms with Gasteiger partial charge in [-0.25, -0.2) is 14.4 Å². The minimum Gasteiger partial charge on any atom is -0.492 e. The van der Waals surface area contributed by atoms with Crippen LogP contribution in [0.15, 0.2) is 24.3 Å². The molecule has 0 saturated carbocycles. The summed E-state index contributed by atoms with van der Waals surface area (Å²) in [7, 11) is 4.00. The van der Waals surface area contributed by atoms with Gasteiger partial charge >= 0.3 is 0 Å². The Hall–Kier alpha value is -1.13. The molecule has 0 saturated heterocycles. The zero-order chi connectivity index (χ0) is 12.0. The Morgan fingerprint density at radius 1 is 1.19 bits per heavy atom. The Morgan fingerprint density at radius 2 is 1.81 bits per heavy atom. The van der Waals surface area contributed by atoms with E-state index in [2.05, 4.69) is 11.9 Å². The van der Waals surface area contributed by atoms with Gasteiger partial charge < -0.3 is 4.74 Å². The van der Waals surface area contributed by atoms with Crippen molar-refractivity contribution in [1.29, 1.82) is 0 Å². The zero-order valence-corrected chi connectivity index (χ0v) is 10.1. The highest BCUT2D eigenvalue weighted by atomic mass is 19.1. The Balaban J connectivity index is 2.32. The van der Waals surface area contributed by atoms with E-state index in [1.54, 1.807) is 12.1 Å². The molecule has 0 atom stereocenters. The molecule has 4 heteroatoms. The summed E-state index contributed by atoms with van der Waals surface area (Å²) in [6, 6.07) is 6.08. The molecule has 0 spiro atoms. The van der Waals surface area contributed by atoms with Crippen molar-refractivity contribution in [3.05, 3.63) is 30.1 Å². The number of hydrogen-bond acceptors (Lipinski definition) is 3. The summed E-state index contributed by atoms with van der Waals surface area (Å²) in [5, 5.41) is 4.19. The number of nitrogens with zero attached hydrogens (tertiary/aromatic N) is 2. The normalized spacial score (nSPS) is 11.1. The summed E-state index contributed by atoms with van der Waals surface area (Å²) in [6.45, 7) is 4.45. The fourth-order valence-electron chi connectivity index (χ4n) is 1.44. The van der Waals surface area contributed by atoms with Crippen LogP contribution in [0.4, 0.5) is 4.39 Å². The van der Waals surface area contributed by atoms with Crippen molar-refractivity contribution in [2.75, 3.05) is 33.8 Å². The highest BCUT2D eigenvalue weighted by Gasteiger charge is 2.04. The minimum absolute atomic E-state index is 0.240. The van der Waals surface area contributed by atoms with Crippen LogP contribution in [0, 0.1) is 5.82 Å². The van der Waals surface area contributed by atoms with Crippen LogP contribution < -0.4 is 4.74 Å². The van der Waals surface area contributed by atoms with E-state index < -0.39 is 0 Å². The molecule has 0 fully saturated rings. The lowest BCUT2D eigenvalue weighted by atomic mass is 10.3. The van der Waals surface area contributed by atoms with E-state index in [4.69, 9.17) is 4.74 Å². The molecule has 0 heterocycles. The topological polar surface area (TPSA) is 15.7 Å². The van der Waals surface area contributed by atoms with Crippen molar-refractivity contribution in [3.63, 3.8) is 0 Å². The predicted octanol–water partition coefficient (Wildman–Crippen LogP) is 2.00. The number of hydrogen-bond donors (Lipinski definition) is 0. The minimum atomic E-state index is -0.240. The van der Waals surface area contributed by atoms with Crippen LogP contribution in [0.5, 0.6) is 5.75 Å². The van der Waals surface area contributed by atoms with Gasteiger partial charge in [-0.3, -0.25) is 0 Å². The molecule has 0 N–H and O–H groups in total. The Bertz CT molecular complexity index is 300. The van der Waals surface area contributed by atoms with Crippen LogP contribution in [-0.2, 0) is 0 Å². The first-order valence-electron chi connectivity index (χ1n) is 5.44. The Morgan fingerprint density at radius 3 is 2.31 bits per heavy atom. The molecule has 0 aliphatic rings. The monoisotopic (exact) mass is 226 g/mol. The van der Waals surface area contributed by atoms with E-state index >= 15 is 0 Å². The number of ether oxygens (including phenoxy) is 1. The van der Waals surface area contributed by atoms with Gasteiger partial charge in [-0.05, 0) is 24.3 Å². The van der Waals surface area contributed by atoms with Crippen molar-refractivity contribution in [1.82, 2.24) is 10.0 Å². The van der Waals surface area contributed by atoms with Gasteiger partial charge in [0.1, 0.15) is 18.2 Å². The summed E-state index contributed by atoms with van der Waals surface area (Å²) in [4.78, 5) is 0. The highest BCUT2D eigenvalue weighted by molar-refractivity contribution is 5.21. The molecule has 90 valence electrons. The number of rotatable bonds is 6. The van der Waals surface area contributed by atoms with Crippen LogP contribution in [0.2, 0.25) is 0 Å². The Labute approximate surface area is 96.4 Å². The molecule has 16 heavy (non-hydrogen) atoms. The molecule has 1 aromatic carbocycles. The first kappa shape index (κ1) is 12.9. The molecule has 0 aliphatic heterocycles. The maximum atomic E-state index is 12.6. The van der Waals surface area contributed by atoms with Crippen molar-refractivity contribution in [2.24, 2.45) is 0 Å². The number of benzene rings is 1. The molecule has 0 amide bonds. The van der Waals surface area contributed by atoms with Gasteiger partial charge in [0, 0.05) is 27.2 Å². The fourth-order valence-corrected chi connectivity index (χ4v) is 1.44. The van der Waals surface area contributed by atoms with Crippen LogP contribution in [0.25, 0.3) is 0 Å². The summed E-state index contributed by atoms with van der Waals surface area (Å²) >= 11 is 0. The third-order valence-electron chi connectivity index (χ3n) is 2.36. The van der Waals surface area contributed by atoms with E-state index in [-0.39, 0.29) is 5.82 Å². The van der Waals surface area contributed by atoms with E-state index in [0.717, 1.165) is 13.1 Å². The van der Waals surface area contributed by atoms with Crippen molar-refractivity contribution >= 4 is 0 Å². The molecular weight excluding hydrogens is 207 g/mol. The maximum absolute atomic E-state index is 12.6. The van der Waals surface area contributed by atoms with Crippen molar-refractivity contribution < 1.29 is 9.13 Å². The van der Waals surface area contributed by atoms with Crippen LogP contribution >= 0.6 is 0 Å². The van der Waals surface area contributed by atoms with E-state index in [1.807, 2.05) is 19.1 Å². The molecular formula is C12H19FN2O. The van der Waals surface area contributed by atoms with E-state index in [1.165, 1.54) is 12.1 Å². The summed E-state index contributed by atoms with van der Waals surface area (Å²) < 4.78 is 18.1. The molecule has 0 aromatic heterocycles. The van der Waals surface area contributed by atoms with Crippen LogP contribution in [0.1, 0.15) is 6.92 Å². The highest BCUT2D eigenvalue weighted by Crippen LogP contribution is 2.10. The molecule has 0 radical (unpaired) electrons. The first-order valence-corrected chi connectivity index (χ1v) is 5.44. The average molecular weight is 226 g/mol. The van der Waals surface area contributed by atoms with Gasteiger partial charge in [0.2, 0.25) is 0 Å². The molecule has 0 aliphatic carbocycles. The molecule has 0 bridgehead atoms. The SMILES string of the molecule is CCN(CCOc1ccc(F)cc1)N(C)C. The van der Waals surface area contributed by atoms with Crippen LogP contribution in [-0.4, -0.2) is 43.8 Å². The van der Waals surface area contributed by atoms with Gasteiger partial charge in [-0.1, -0.05) is 6.92 Å². The zero-order valence-electron chi connectivity index (χ0n) is 10.1. The second-order valence-corrected chi connectivity index (χ2v) is 3.70. The standard InChI is InChI=1S/C12H19FN2O/c1-4-15(14(2)3)9-10-16-12-7-5-11(13)6-8-12/h5-8H,4,9-10H2,1-3H3. The largest absolute Gasteiger partial charge is 0.492 e. The van der Waals surface area contributed by atoms with Gasteiger partial charge in [-0.2, -0.15) is 0 Å². The maximum Gasteiger partial charge on any atom is 0.123 e. The lowest BCUT2D eigenvalue weighted by Crippen LogP contribution is -2.39. The second-order valence-electron chi connectivity index (χ2n) is 3.70. The predicted molar refractivity (Wildman–Crippen MR) is 62.8 cm³/mol. The number of likely N-dealkylation sites (N-methyl/N-ethyl adjacent to an activating group) is 1. The quantitative estimate of drug-likeness (QED) is 0.690. The van der Waals surface area contributed by atoms with E-state index in [9.17, 15) is 4.39 Å². The fraction of sp³-hybridized carbons (Fsp3) is 0.500. The van der Waals surface area contributed by atoms with Gasteiger partial charge in [0.15, 0.2) is 0 Å². The Kier molecular flexibility index (Phi) is 5.22. The number of halogens is 1. The molecule has 1 aromatic rings.